The van der Waals surface area contributed by atoms with Crippen molar-refractivity contribution in [3.8, 4) is 17.0 Å². The van der Waals surface area contributed by atoms with Crippen LogP contribution in [0.1, 0.15) is 5.56 Å². The van der Waals surface area contributed by atoms with E-state index in [0.717, 1.165) is 18.3 Å². The molecule has 3 aromatic rings. The Hall–Kier alpha value is -3.56. The van der Waals surface area contributed by atoms with Crippen LogP contribution in [0.5, 0.6) is 5.75 Å². The van der Waals surface area contributed by atoms with Gasteiger partial charge in [0.1, 0.15) is 11.4 Å². The Morgan fingerprint density at radius 3 is 2.38 bits per heavy atom. The van der Waals surface area contributed by atoms with Crippen molar-refractivity contribution in [2.24, 2.45) is 7.05 Å². The standard InChI is InChI=1S/C19H16F4N4O2/c1-27-17(15(20)10-24-27)14-9-13(6-7-16(14)29-2)26-18(28)25-12-5-3-4-11(8-12)19(21,22)23/h3-10H,1-2H3,(H2,25,26,28). The molecule has 0 aliphatic carbocycles. The van der Waals surface area contributed by atoms with Gasteiger partial charge in [0.15, 0.2) is 5.82 Å². The number of nitrogens with zero attached hydrogens (tertiary/aromatic N) is 2. The zero-order valence-electron chi connectivity index (χ0n) is 15.3. The molecule has 0 spiro atoms. The molecule has 0 saturated carbocycles. The van der Waals surface area contributed by atoms with E-state index in [9.17, 15) is 22.4 Å². The van der Waals surface area contributed by atoms with Crippen molar-refractivity contribution < 1.29 is 27.1 Å². The summed E-state index contributed by atoms with van der Waals surface area (Å²) in [5, 5.41) is 8.67. The van der Waals surface area contributed by atoms with Crippen molar-refractivity contribution in [1.82, 2.24) is 9.78 Å². The summed E-state index contributed by atoms with van der Waals surface area (Å²) in [6.07, 6.45) is -3.47. The van der Waals surface area contributed by atoms with Crippen molar-refractivity contribution in [3.63, 3.8) is 0 Å². The number of methoxy groups -OCH3 is 1. The molecular weight excluding hydrogens is 392 g/mol. The number of urea groups is 1. The molecule has 1 aromatic heterocycles. The molecule has 0 aliphatic rings. The molecule has 0 bridgehead atoms. The normalized spacial score (nSPS) is 11.2. The minimum atomic E-state index is -4.52. The summed E-state index contributed by atoms with van der Waals surface area (Å²) < 4.78 is 59.0. The Labute approximate surface area is 163 Å². The monoisotopic (exact) mass is 408 g/mol. The Bertz CT molecular complexity index is 1030. The molecule has 2 N–H and O–H groups in total. The van der Waals surface area contributed by atoms with Gasteiger partial charge in [-0.1, -0.05) is 6.07 Å². The minimum Gasteiger partial charge on any atom is -0.496 e. The number of aryl methyl sites for hydroxylation is 1. The number of hydrogen-bond acceptors (Lipinski definition) is 3. The quantitative estimate of drug-likeness (QED) is 0.604. The highest BCUT2D eigenvalue weighted by molar-refractivity contribution is 6.00. The second-order valence-electron chi connectivity index (χ2n) is 6.04. The number of carbonyl (C=O) groups excluding carboxylic acids is 1. The van der Waals surface area contributed by atoms with Crippen LogP contribution in [0.4, 0.5) is 33.7 Å². The Morgan fingerprint density at radius 2 is 1.79 bits per heavy atom. The van der Waals surface area contributed by atoms with Gasteiger partial charge in [-0.25, -0.2) is 9.18 Å². The van der Waals surface area contributed by atoms with E-state index in [0.29, 0.717) is 11.3 Å². The van der Waals surface area contributed by atoms with Crippen LogP contribution in [0.25, 0.3) is 11.3 Å². The third-order valence-corrected chi connectivity index (χ3v) is 4.05. The second-order valence-corrected chi connectivity index (χ2v) is 6.04. The Kier molecular flexibility index (Phi) is 5.44. The highest BCUT2D eigenvalue weighted by Gasteiger charge is 2.30. The molecule has 1 heterocycles. The van der Waals surface area contributed by atoms with Gasteiger partial charge in [0.2, 0.25) is 0 Å². The lowest BCUT2D eigenvalue weighted by molar-refractivity contribution is -0.137. The highest BCUT2D eigenvalue weighted by Crippen LogP contribution is 2.34. The van der Waals surface area contributed by atoms with Crippen LogP contribution in [0.3, 0.4) is 0 Å². The predicted octanol–water partition coefficient (Wildman–Crippen LogP) is 4.90. The Balaban J connectivity index is 1.82. The van der Waals surface area contributed by atoms with Gasteiger partial charge in [-0.3, -0.25) is 4.68 Å². The summed E-state index contributed by atoms with van der Waals surface area (Å²) in [5.74, 6) is -0.215. The molecule has 29 heavy (non-hydrogen) atoms. The zero-order valence-corrected chi connectivity index (χ0v) is 15.3. The fourth-order valence-corrected chi connectivity index (χ4v) is 2.75. The number of nitrogens with one attached hydrogen (secondary N) is 2. The third kappa shape index (κ3) is 4.48. The molecule has 0 fully saturated rings. The second kappa shape index (κ2) is 7.82. The van der Waals surface area contributed by atoms with Crippen molar-refractivity contribution >= 4 is 17.4 Å². The summed E-state index contributed by atoms with van der Waals surface area (Å²) in [6.45, 7) is 0. The van der Waals surface area contributed by atoms with Crippen LogP contribution < -0.4 is 15.4 Å². The van der Waals surface area contributed by atoms with Crippen LogP contribution >= 0.6 is 0 Å². The molecule has 152 valence electrons. The molecule has 0 aliphatic heterocycles. The lowest BCUT2D eigenvalue weighted by atomic mass is 10.1. The number of anilines is 2. The molecule has 0 atom stereocenters. The van der Waals surface area contributed by atoms with Crippen LogP contribution in [0.2, 0.25) is 0 Å². The predicted molar refractivity (Wildman–Crippen MR) is 99.2 cm³/mol. The summed E-state index contributed by atoms with van der Waals surface area (Å²) in [5.41, 5.74) is -0.117. The highest BCUT2D eigenvalue weighted by atomic mass is 19.4. The first-order valence-electron chi connectivity index (χ1n) is 8.30. The number of ether oxygens (including phenoxy) is 1. The first-order chi connectivity index (χ1) is 13.7. The lowest BCUT2D eigenvalue weighted by Crippen LogP contribution is -2.20. The van der Waals surface area contributed by atoms with Gasteiger partial charge in [-0.15, -0.1) is 0 Å². The Morgan fingerprint density at radius 1 is 1.10 bits per heavy atom. The first-order valence-corrected chi connectivity index (χ1v) is 8.30. The van der Waals surface area contributed by atoms with Gasteiger partial charge in [0.25, 0.3) is 0 Å². The van der Waals surface area contributed by atoms with Crippen LogP contribution in [-0.2, 0) is 13.2 Å². The lowest BCUT2D eigenvalue weighted by Gasteiger charge is -2.13. The number of benzene rings is 2. The number of amides is 2. The molecule has 2 aromatic carbocycles. The van der Waals surface area contributed by atoms with E-state index in [1.54, 1.807) is 7.05 Å². The van der Waals surface area contributed by atoms with Crippen molar-refractivity contribution in [2.45, 2.75) is 6.18 Å². The van der Waals surface area contributed by atoms with Crippen molar-refractivity contribution in [1.29, 1.82) is 0 Å². The van der Waals surface area contributed by atoms with E-state index in [4.69, 9.17) is 4.74 Å². The summed E-state index contributed by atoms with van der Waals surface area (Å²) in [4.78, 5) is 12.2. The minimum absolute atomic E-state index is 0.0243. The summed E-state index contributed by atoms with van der Waals surface area (Å²) in [6, 6.07) is 8.01. The number of carbonyl (C=O) groups is 1. The molecule has 3 rings (SSSR count). The van der Waals surface area contributed by atoms with Gasteiger partial charge >= 0.3 is 12.2 Å². The van der Waals surface area contributed by atoms with Crippen LogP contribution in [0.15, 0.2) is 48.7 Å². The molecule has 10 heteroatoms. The SMILES string of the molecule is COc1ccc(NC(=O)Nc2cccc(C(F)(F)F)c2)cc1-c1c(F)cnn1C. The number of halogens is 4. The zero-order chi connectivity index (χ0) is 21.2. The van der Waals surface area contributed by atoms with E-state index in [1.165, 1.54) is 42.1 Å². The molecule has 0 radical (unpaired) electrons. The maximum absolute atomic E-state index is 14.1. The van der Waals surface area contributed by atoms with Gasteiger partial charge < -0.3 is 15.4 Å². The van der Waals surface area contributed by atoms with E-state index in [2.05, 4.69) is 15.7 Å². The topological polar surface area (TPSA) is 68.2 Å². The molecule has 6 nitrogen and oxygen atoms in total. The molecule has 0 saturated heterocycles. The van der Waals surface area contributed by atoms with Gasteiger partial charge in [-0.2, -0.15) is 18.3 Å². The van der Waals surface area contributed by atoms with Gasteiger partial charge in [-0.05, 0) is 36.4 Å². The van der Waals surface area contributed by atoms with E-state index in [-0.39, 0.29) is 17.1 Å². The average Bonchev–Trinajstić information content (AvgIpc) is 2.99. The first kappa shape index (κ1) is 20.2. The largest absolute Gasteiger partial charge is 0.496 e. The molecule has 2 amide bonds. The summed E-state index contributed by atoms with van der Waals surface area (Å²) in [7, 11) is 2.97. The maximum Gasteiger partial charge on any atom is 0.416 e. The number of rotatable bonds is 4. The smallest absolute Gasteiger partial charge is 0.416 e. The van der Waals surface area contributed by atoms with E-state index in [1.807, 2.05) is 0 Å². The fraction of sp³-hybridized carbons (Fsp3) is 0.158. The van der Waals surface area contributed by atoms with Crippen LogP contribution in [0, 0.1) is 5.82 Å². The maximum atomic E-state index is 14.1. The molecular formula is C19H16F4N4O2. The van der Waals surface area contributed by atoms with Gasteiger partial charge in [0.05, 0.1) is 18.9 Å². The number of hydrogen-bond donors (Lipinski definition) is 2. The third-order valence-electron chi connectivity index (χ3n) is 4.05. The van der Waals surface area contributed by atoms with Crippen molar-refractivity contribution in [2.75, 3.05) is 17.7 Å². The fourth-order valence-electron chi connectivity index (χ4n) is 2.75. The van der Waals surface area contributed by atoms with Crippen LogP contribution in [-0.4, -0.2) is 22.9 Å². The number of aromatic nitrogens is 2. The van der Waals surface area contributed by atoms with Gasteiger partial charge in [0, 0.05) is 24.0 Å². The average molecular weight is 408 g/mol. The van der Waals surface area contributed by atoms with E-state index < -0.39 is 23.6 Å². The molecule has 0 unspecified atom stereocenters. The number of alkyl halides is 3. The van der Waals surface area contributed by atoms with Crippen molar-refractivity contribution in [3.05, 3.63) is 60.0 Å². The summed E-state index contributed by atoms with van der Waals surface area (Å²) >= 11 is 0. The van der Waals surface area contributed by atoms with E-state index >= 15 is 0 Å².